The summed E-state index contributed by atoms with van der Waals surface area (Å²) < 4.78 is 32.6. The second kappa shape index (κ2) is 9.17. The van der Waals surface area contributed by atoms with Crippen LogP contribution in [0.2, 0.25) is 0 Å². The minimum absolute atomic E-state index is 0.302. The van der Waals surface area contributed by atoms with E-state index >= 15 is 0 Å². The van der Waals surface area contributed by atoms with Crippen LogP contribution in [0.3, 0.4) is 0 Å². The summed E-state index contributed by atoms with van der Waals surface area (Å²) >= 11 is 0. The van der Waals surface area contributed by atoms with E-state index in [1.165, 1.54) is 6.20 Å². The van der Waals surface area contributed by atoms with E-state index in [9.17, 15) is 13.9 Å². The second-order valence-corrected chi connectivity index (χ2v) is 6.21. The van der Waals surface area contributed by atoms with Crippen molar-refractivity contribution in [3.63, 3.8) is 0 Å². The van der Waals surface area contributed by atoms with Crippen molar-refractivity contribution in [3.05, 3.63) is 76.9 Å². The molecule has 2 N–H and O–H groups in total. The molecule has 0 aliphatic carbocycles. The van der Waals surface area contributed by atoms with E-state index in [0.29, 0.717) is 16.9 Å². The number of anilines is 1. The Kier molecular flexibility index (Phi) is 6.93. The quantitative estimate of drug-likeness (QED) is 0.483. The number of allylic oxidation sites excluding steroid dienone is 3. The van der Waals surface area contributed by atoms with Crippen molar-refractivity contribution in [2.45, 2.75) is 27.7 Å². The largest absolute Gasteiger partial charge is 0.503 e. The average Bonchev–Trinajstić information content (AvgIpc) is 2.68. The third-order valence-corrected chi connectivity index (χ3v) is 4.31. The number of methoxy groups -OCH3 is 1. The normalized spacial score (nSPS) is 12.9. The zero-order valence-electron chi connectivity index (χ0n) is 16.6. The third kappa shape index (κ3) is 4.57. The monoisotopic (exact) mass is 386 g/mol. The maximum absolute atomic E-state index is 13.6. The Morgan fingerprint density at radius 1 is 1.11 bits per heavy atom. The molecular weight excluding hydrogens is 362 g/mol. The Morgan fingerprint density at radius 2 is 1.75 bits per heavy atom. The number of aromatic hydroxyl groups is 1. The predicted molar refractivity (Wildman–Crippen MR) is 108 cm³/mol. The fourth-order valence-electron chi connectivity index (χ4n) is 2.82. The molecule has 0 aliphatic rings. The minimum atomic E-state index is -1.01. The van der Waals surface area contributed by atoms with Crippen molar-refractivity contribution in [2.75, 3.05) is 12.4 Å². The first kappa shape index (κ1) is 21.2. The lowest BCUT2D eigenvalue weighted by Crippen LogP contribution is -2.00. The van der Waals surface area contributed by atoms with Crippen LogP contribution < -0.4 is 5.32 Å². The van der Waals surface area contributed by atoms with Gasteiger partial charge >= 0.3 is 0 Å². The number of hydrogen-bond donors (Lipinski definition) is 2. The van der Waals surface area contributed by atoms with Crippen LogP contribution in [0.4, 0.5) is 14.6 Å². The van der Waals surface area contributed by atoms with Crippen LogP contribution >= 0.6 is 0 Å². The van der Waals surface area contributed by atoms with Gasteiger partial charge in [-0.3, -0.25) is 0 Å². The van der Waals surface area contributed by atoms with Crippen LogP contribution in [0.1, 0.15) is 26.3 Å². The highest BCUT2D eigenvalue weighted by Gasteiger charge is 2.12. The first-order valence-electron chi connectivity index (χ1n) is 8.78. The number of rotatable bonds is 6. The molecule has 0 amide bonds. The van der Waals surface area contributed by atoms with Crippen LogP contribution in [0, 0.1) is 18.6 Å². The summed E-state index contributed by atoms with van der Waals surface area (Å²) in [5.74, 6) is -1.61. The van der Waals surface area contributed by atoms with Crippen molar-refractivity contribution in [3.8, 4) is 16.9 Å². The summed E-state index contributed by atoms with van der Waals surface area (Å²) in [6, 6.07) is 3.92. The van der Waals surface area contributed by atoms with Crippen molar-refractivity contribution < 1.29 is 18.6 Å². The highest BCUT2D eigenvalue weighted by atomic mass is 19.1. The third-order valence-electron chi connectivity index (χ3n) is 4.31. The number of ether oxygens (including phenoxy) is 1. The molecule has 0 saturated carbocycles. The van der Waals surface area contributed by atoms with E-state index in [4.69, 9.17) is 4.74 Å². The number of pyridine rings is 1. The van der Waals surface area contributed by atoms with Gasteiger partial charge in [-0.2, -0.15) is 0 Å². The zero-order chi connectivity index (χ0) is 20.8. The standard InChI is InChI=1S/C22H24F2N2O2/c1-6-17(20(7-2)28-5)14(4)11-25-22-13(3)8-16(12-26-22)15-9-18(23)21(27)19(24)10-15/h6-12,27H,1-5H3,(H,25,26)/b14-11+,17-6-,20-7+. The van der Waals surface area contributed by atoms with Gasteiger partial charge in [-0.05, 0) is 68.7 Å². The number of aryl methyl sites for hydroxylation is 1. The van der Waals surface area contributed by atoms with Crippen molar-refractivity contribution in [2.24, 2.45) is 0 Å². The Balaban J connectivity index is 2.28. The number of phenols is 1. The zero-order valence-corrected chi connectivity index (χ0v) is 16.6. The maximum Gasteiger partial charge on any atom is 0.187 e. The van der Waals surface area contributed by atoms with Crippen LogP contribution in [-0.2, 0) is 4.74 Å². The van der Waals surface area contributed by atoms with E-state index in [1.54, 1.807) is 13.2 Å². The summed E-state index contributed by atoms with van der Waals surface area (Å²) in [6.07, 6.45) is 7.20. The van der Waals surface area contributed by atoms with Crippen LogP contribution in [0.5, 0.6) is 5.75 Å². The highest BCUT2D eigenvalue weighted by Crippen LogP contribution is 2.29. The number of phenolic OH excluding ortho intramolecular Hbond substituents is 1. The number of aromatic nitrogens is 1. The molecule has 0 unspecified atom stereocenters. The van der Waals surface area contributed by atoms with Crippen molar-refractivity contribution in [1.82, 2.24) is 4.98 Å². The van der Waals surface area contributed by atoms with Crippen LogP contribution in [-0.4, -0.2) is 17.2 Å². The van der Waals surface area contributed by atoms with Crippen LogP contribution in [0.25, 0.3) is 11.1 Å². The topological polar surface area (TPSA) is 54.4 Å². The fourth-order valence-corrected chi connectivity index (χ4v) is 2.82. The van der Waals surface area contributed by atoms with Gasteiger partial charge in [0.2, 0.25) is 0 Å². The van der Waals surface area contributed by atoms with Gasteiger partial charge in [0, 0.05) is 23.5 Å². The van der Waals surface area contributed by atoms with E-state index in [0.717, 1.165) is 34.6 Å². The van der Waals surface area contributed by atoms with Gasteiger partial charge in [-0.25, -0.2) is 13.8 Å². The van der Waals surface area contributed by atoms with Gasteiger partial charge in [0.25, 0.3) is 0 Å². The van der Waals surface area contributed by atoms with Crippen molar-refractivity contribution >= 4 is 5.82 Å². The van der Waals surface area contributed by atoms with E-state index < -0.39 is 17.4 Å². The molecule has 1 aromatic carbocycles. The second-order valence-electron chi connectivity index (χ2n) is 6.21. The molecule has 0 spiro atoms. The molecule has 0 fully saturated rings. The lowest BCUT2D eigenvalue weighted by Gasteiger charge is -2.13. The smallest absolute Gasteiger partial charge is 0.187 e. The Labute approximate surface area is 163 Å². The molecule has 0 saturated heterocycles. The summed E-state index contributed by atoms with van der Waals surface area (Å²) in [7, 11) is 1.62. The summed E-state index contributed by atoms with van der Waals surface area (Å²) in [6.45, 7) is 7.64. The van der Waals surface area contributed by atoms with Gasteiger partial charge in [-0.1, -0.05) is 6.08 Å². The number of nitrogens with one attached hydrogen (secondary N) is 1. The van der Waals surface area contributed by atoms with E-state index in [1.807, 2.05) is 46.0 Å². The lowest BCUT2D eigenvalue weighted by atomic mass is 10.0. The van der Waals surface area contributed by atoms with Gasteiger partial charge in [0.1, 0.15) is 11.6 Å². The predicted octanol–water partition coefficient (Wildman–Crippen LogP) is 5.85. The molecule has 0 aliphatic heterocycles. The molecule has 0 radical (unpaired) electrons. The summed E-state index contributed by atoms with van der Waals surface area (Å²) in [4.78, 5) is 4.35. The average molecular weight is 386 g/mol. The molecule has 4 nitrogen and oxygen atoms in total. The minimum Gasteiger partial charge on any atom is -0.503 e. The van der Waals surface area contributed by atoms with Gasteiger partial charge in [0.05, 0.1) is 7.11 Å². The molecular formula is C22H24F2N2O2. The first-order chi connectivity index (χ1) is 13.3. The lowest BCUT2D eigenvalue weighted by molar-refractivity contribution is 0.301. The van der Waals surface area contributed by atoms with E-state index in [2.05, 4.69) is 10.3 Å². The van der Waals surface area contributed by atoms with Crippen molar-refractivity contribution in [1.29, 1.82) is 0 Å². The van der Waals surface area contributed by atoms with Crippen LogP contribution in [0.15, 0.2) is 59.7 Å². The Hall–Kier alpha value is -3.15. The Morgan fingerprint density at radius 3 is 2.25 bits per heavy atom. The molecule has 1 heterocycles. The molecule has 28 heavy (non-hydrogen) atoms. The molecule has 1 aromatic heterocycles. The first-order valence-corrected chi connectivity index (χ1v) is 8.78. The molecule has 0 atom stereocenters. The van der Waals surface area contributed by atoms with E-state index in [-0.39, 0.29) is 0 Å². The van der Waals surface area contributed by atoms with Gasteiger partial charge in [-0.15, -0.1) is 0 Å². The van der Waals surface area contributed by atoms with Gasteiger partial charge < -0.3 is 15.2 Å². The fraction of sp³-hybridized carbons (Fsp3) is 0.227. The van der Waals surface area contributed by atoms with Gasteiger partial charge in [0.15, 0.2) is 17.4 Å². The Bertz CT molecular complexity index is 940. The molecule has 148 valence electrons. The number of nitrogens with zero attached hydrogens (tertiary/aromatic N) is 1. The highest BCUT2D eigenvalue weighted by molar-refractivity contribution is 5.67. The number of benzene rings is 1. The molecule has 2 rings (SSSR count). The summed E-state index contributed by atoms with van der Waals surface area (Å²) in [5.41, 5.74) is 3.57. The number of hydrogen-bond acceptors (Lipinski definition) is 4. The SMILES string of the molecule is C/C=C(C(/C)=C/Nc1ncc(-c2cc(F)c(O)c(F)c2)cc1C)\C(=C/C)OC. The maximum atomic E-state index is 13.6. The molecule has 2 aromatic rings. The number of halogens is 2. The molecule has 0 bridgehead atoms. The summed E-state index contributed by atoms with van der Waals surface area (Å²) in [5, 5.41) is 12.4. The molecule has 6 heteroatoms.